The van der Waals surface area contributed by atoms with Crippen LogP contribution >= 0.6 is 0 Å². The van der Waals surface area contributed by atoms with Gasteiger partial charge in [-0.25, -0.2) is 4.79 Å². The van der Waals surface area contributed by atoms with Crippen molar-refractivity contribution in [3.05, 3.63) is 41.1 Å². The van der Waals surface area contributed by atoms with E-state index < -0.39 is 31.2 Å². The Morgan fingerprint density at radius 3 is 2.72 bits per heavy atom. The molecule has 5 nitrogen and oxygen atoms in total. The molecule has 2 aromatic rings. The molecule has 0 unspecified atom stereocenters. The van der Waals surface area contributed by atoms with E-state index in [0.29, 0.717) is 22.9 Å². The quantitative estimate of drug-likeness (QED) is 0.859. The molecule has 8 heteroatoms. The van der Waals surface area contributed by atoms with Gasteiger partial charge in [0.2, 0.25) is 0 Å². The van der Waals surface area contributed by atoms with Crippen LogP contribution in [0.3, 0.4) is 0 Å². The van der Waals surface area contributed by atoms with Crippen molar-refractivity contribution in [1.82, 2.24) is 10.3 Å². The summed E-state index contributed by atoms with van der Waals surface area (Å²) < 4.78 is 41.2. The molecule has 25 heavy (non-hydrogen) atoms. The number of carbonyl (C=O) groups excluding carboxylic acids is 2. The molecular weight excluding hydrogens is 337 g/mol. The minimum absolute atomic E-state index is 0.349. The fourth-order valence-electron chi connectivity index (χ4n) is 2.90. The highest BCUT2D eigenvalue weighted by atomic mass is 19.4. The van der Waals surface area contributed by atoms with Crippen LogP contribution in [-0.4, -0.2) is 36.2 Å². The number of esters is 1. The van der Waals surface area contributed by atoms with Crippen LogP contribution in [0.15, 0.2) is 24.3 Å². The van der Waals surface area contributed by atoms with Crippen molar-refractivity contribution in [3.63, 3.8) is 0 Å². The Morgan fingerprint density at radius 2 is 1.96 bits per heavy atom. The first-order valence-corrected chi connectivity index (χ1v) is 7.76. The summed E-state index contributed by atoms with van der Waals surface area (Å²) in [6.45, 7) is -2.22. The molecule has 0 radical (unpaired) electrons. The highest BCUT2D eigenvalue weighted by molar-refractivity contribution is 6.05. The number of ether oxygens (including phenoxy) is 1. The Morgan fingerprint density at radius 1 is 1.20 bits per heavy atom. The van der Waals surface area contributed by atoms with Gasteiger partial charge in [0.25, 0.3) is 5.91 Å². The van der Waals surface area contributed by atoms with Gasteiger partial charge in [-0.3, -0.25) is 9.78 Å². The summed E-state index contributed by atoms with van der Waals surface area (Å²) in [5.74, 6) is -1.72. The van der Waals surface area contributed by atoms with E-state index >= 15 is 0 Å². The molecule has 1 aliphatic carbocycles. The van der Waals surface area contributed by atoms with E-state index in [4.69, 9.17) is 4.74 Å². The van der Waals surface area contributed by atoms with Crippen LogP contribution in [-0.2, 0) is 22.4 Å². The van der Waals surface area contributed by atoms with E-state index in [1.165, 1.54) is 0 Å². The second-order valence-electron chi connectivity index (χ2n) is 5.75. The van der Waals surface area contributed by atoms with Crippen molar-refractivity contribution in [3.8, 4) is 0 Å². The molecule has 0 saturated heterocycles. The van der Waals surface area contributed by atoms with Gasteiger partial charge < -0.3 is 10.1 Å². The molecule has 0 aliphatic heterocycles. The zero-order valence-electron chi connectivity index (χ0n) is 13.2. The summed E-state index contributed by atoms with van der Waals surface area (Å²) in [5.41, 5.74) is 2.62. The number of fused-ring (bicyclic) bond motifs is 2. The van der Waals surface area contributed by atoms with E-state index in [1.807, 2.05) is 0 Å². The molecule has 1 amide bonds. The molecule has 1 heterocycles. The summed E-state index contributed by atoms with van der Waals surface area (Å²) in [7, 11) is 0. The van der Waals surface area contributed by atoms with Crippen molar-refractivity contribution < 1.29 is 27.5 Å². The molecule has 1 N–H and O–H groups in total. The van der Waals surface area contributed by atoms with Gasteiger partial charge in [-0.05, 0) is 30.9 Å². The molecule has 132 valence electrons. The minimum atomic E-state index is -4.51. The lowest BCUT2D eigenvalue weighted by molar-refractivity contribution is -0.140. The Kier molecular flexibility index (Phi) is 4.61. The predicted molar refractivity (Wildman–Crippen MR) is 83.1 cm³/mol. The largest absolute Gasteiger partial charge is 0.452 e. The molecule has 0 fully saturated rings. The highest BCUT2D eigenvalue weighted by Crippen LogP contribution is 2.30. The molecule has 0 saturated carbocycles. The van der Waals surface area contributed by atoms with Crippen LogP contribution in [0.2, 0.25) is 0 Å². The van der Waals surface area contributed by atoms with Crippen LogP contribution < -0.4 is 5.32 Å². The third-order valence-electron chi connectivity index (χ3n) is 3.94. The minimum Gasteiger partial charge on any atom is -0.452 e. The molecular formula is C17H15F3N2O3. The maximum absolute atomic E-state index is 12.5. The fourth-order valence-corrected chi connectivity index (χ4v) is 2.90. The molecule has 0 atom stereocenters. The van der Waals surface area contributed by atoms with Gasteiger partial charge in [-0.1, -0.05) is 18.2 Å². The SMILES string of the molecule is O=C(COC(=O)c1c2c(nc3ccccc13)CCC2)NCC(F)(F)F. The first-order chi connectivity index (χ1) is 11.8. The van der Waals surface area contributed by atoms with Gasteiger partial charge in [0.1, 0.15) is 6.54 Å². The molecule has 0 bridgehead atoms. The number of alkyl halides is 3. The van der Waals surface area contributed by atoms with Gasteiger partial charge in [0.15, 0.2) is 6.61 Å². The highest BCUT2D eigenvalue weighted by Gasteiger charge is 2.28. The zero-order valence-corrected chi connectivity index (χ0v) is 13.2. The van der Waals surface area contributed by atoms with Crippen molar-refractivity contribution in [1.29, 1.82) is 0 Å². The number of para-hydroxylation sites is 1. The van der Waals surface area contributed by atoms with Crippen molar-refractivity contribution in [2.75, 3.05) is 13.2 Å². The van der Waals surface area contributed by atoms with E-state index in [2.05, 4.69) is 4.98 Å². The molecule has 1 aromatic heterocycles. The standard InChI is InChI=1S/C17H15F3N2O3/c18-17(19,20)9-21-14(23)8-25-16(24)15-10-4-1-2-6-12(10)22-13-7-3-5-11(13)15/h1-2,4,6H,3,5,7-9H2,(H,21,23). The van der Waals surface area contributed by atoms with Gasteiger partial charge in [-0.15, -0.1) is 0 Å². The van der Waals surface area contributed by atoms with Crippen LogP contribution in [0.5, 0.6) is 0 Å². The van der Waals surface area contributed by atoms with Crippen LogP contribution in [0.25, 0.3) is 10.9 Å². The van der Waals surface area contributed by atoms with Crippen LogP contribution in [0.4, 0.5) is 13.2 Å². The number of aryl methyl sites for hydroxylation is 1. The number of pyridine rings is 1. The number of carbonyl (C=O) groups is 2. The first-order valence-electron chi connectivity index (χ1n) is 7.76. The lowest BCUT2D eigenvalue weighted by atomic mass is 10.0. The van der Waals surface area contributed by atoms with Crippen LogP contribution in [0, 0.1) is 0 Å². The van der Waals surface area contributed by atoms with E-state index in [9.17, 15) is 22.8 Å². The van der Waals surface area contributed by atoms with Gasteiger partial charge in [0, 0.05) is 11.1 Å². The second-order valence-corrected chi connectivity index (χ2v) is 5.75. The van der Waals surface area contributed by atoms with Crippen molar-refractivity contribution in [2.45, 2.75) is 25.4 Å². The van der Waals surface area contributed by atoms with Crippen molar-refractivity contribution >= 4 is 22.8 Å². The number of aromatic nitrogens is 1. The fraction of sp³-hybridized carbons (Fsp3) is 0.353. The lowest BCUT2D eigenvalue weighted by Gasteiger charge is -2.12. The monoisotopic (exact) mass is 352 g/mol. The van der Waals surface area contributed by atoms with Crippen molar-refractivity contribution in [2.24, 2.45) is 0 Å². The summed E-state index contributed by atoms with van der Waals surface area (Å²) in [4.78, 5) is 28.4. The van der Waals surface area contributed by atoms with E-state index in [1.54, 1.807) is 29.6 Å². The number of halogens is 3. The Balaban J connectivity index is 1.78. The number of amides is 1. The molecule has 3 rings (SSSR count). The number of hydrogen-bond donors (Lipinski definition) is 1. The summed E-state index contributed by atoms with van der Waals surface area (Å²) >= 11 is 0. The number of hydrogen-bond acceptors (Lipinski definition) is 4. The number of nitrogens with one attached hydrogen (secondary N) is 1. The summed E-state index contributed by atoms with van der Waals surface area (Å²) in [6, 6.07) is 7.08. The Labute approximate surface area is 141 Å². The smallest absolute Gasteiger partial charge is 0.405 e. The number of rotatable bonds is 4. The zero-order chi connectivity index (χ0) is 18.0. The Bertz CT molecular complexity index is 834. The maximum Gasteiger partial charge on any atom is 0.405 e. The molecule has 1 aliphatic rings. The average Bonchev–Trinajstić information content (AvgIpc) is 3.02. The summed E-state index contributed by atoms with van der Waals surface area (Å²) in [6.07, 6.45) is -2.21. The second kappa shape index (κ2) is 6.70. The predicted octanol–water partition coefficient (Wildman–Crippen LogP) is 2.56. The third kappa shape index (κ3) is 3.89. The Hall–Kier alpha value is -2.64. The number of benzene rings is 1. The normalized spacial score (nSPS) is 13.6. The molecule has 0 spiro atoms. The van der Waals surface area contributed by atoms with Gasteiger partial charge in [-0.2, -0.15) is 13.2 Å². The average molecular weight is 352 g/mol. The van der Waals surface area contributed by atoms with Gasteiger partial charge >= 0.3 is 12.1 Å². The first kappa shape index (κ1) is 17.2. The molecule has 1 aromatic carbocycles. The van der Waals surface area contributed by atoms with E-state index in [-0.39, 0.29) is 0 Å². The van der Waals surface area contributed by atoms with Gasteiger partial charge in [0.05, 0.1) is 11.1 Å². The topological polar surface area (TPSA) is 68.3 Å². The summed E-state index contributed by atoms with van der Waals surface area (Å²) in [5, 5.41) is 2.28. The number of nitrogens with zero attached hydrogens (tertiary/aromatic N) is 1. The maximum atomic E-state index is 12.5. The third-order valence-corrected chi connectivity index (χ3v) is 3.94. The van der Waals surface area contributed by atoms with E-state index in [0.717, 1.165) is 24.1 Å². The lowest BCUT2D eigenvalue weighted by Crippen LogP contribution is -2.36. The van der Waals surface area contributed by atoms with Crippen LogP contribution in [0.1, 0.15) is 28.0 Å².